The summed E-state index contributed by atoms with van der Waals surface area (Å²) in [6.07, 6.45) is 0. The third-order valence-corrected chi connectivity index (χ3v) is 6.76. The molecule has 36 heavy (non-hydrogen) atoms. The van der Waals surface area contributed by atoms with E-state index in [4.69, 9.17) is 0 Å². The number of carbonyl (C=O) groups excluding carboxylic acids is 2. The molecule has 1 aromatic heterocycles. The molecule has 5 heteroatoms. The molecule has 0 radical (unpaired) electrons. The standard InChI is InChI=1S/C31H22N2O3/c1-17-12-13-22(18(2)16-17)32-24-15-14-23-26-25(20-10-6-7-11-21(20)30(35)27(24)26)28(31(36)33-23)29(34)19-8-4-3-5-9-19/h3-16,32H,1-2H3,(H,33,36). The van der Waals surface area contributed by atoms with E-state index in [1.165, 1.54) is 0 Å². The van der Waals surface area contributed by atoms with Crippen LogP contribution in [-0.2, 0) is 0 Å². The molecule has 4 aromatic carbocycles. The lowest BCUT2D eigenvalue weighted by atomic mass is 9.80. The highest BCUT2D eigenvalue weighted by Crippen LogP contribution is 2.43. The second kappa shape index (κ2) is 8.17. The fourth-order valence-corrected chi connectivity index (χ4v) is 5.08. The fraction of sp³-hybridized carbons (Fsp3) is 0.0645. The summed E-state index contributed by atoms with van der Waals surface area (Å²) in [6.45, 7) is 4.05. The molecule has 0 amide bonds. The van der Waals surface area contributed by atoms with Crippen LogP contribution in [0, 0.1) is 13.8 Å². The number of anilines is 2. The maximum Gasteiger partial charge on any atom is 0.260 e. The number of hydrogen-bond acceptors (Lipinski definition) is 4. The maximum atomic E-state index is 13.9. The van der Waals surface area contributed by atoms with E-state index in [-0.39, 0.29) is 17.1 Å². The van der Waals surface area contributed by atoms with Crippen LogP contribution >= 0.6 is 0 Å². The number of H-pyrrole nitrogens is 1. The molecule has 0 unspecified atom stereocenters. The first kappa shape index (κ1) is 21.7. The first-order chi connectivity index (χ1) is 17.4. The molecule has 0 bridgehead atoms. The molecule has 1 aliphatic carbocycles. The Morgan fingerprint density at radius 3 is 2.19 bits per heavy atom. The van der Waals surface area contributed by atoms with E-state index in [0.717, 1.165) is 16.8 Å². The predicted octanol–water partition coefficient (Wildman–Crippen LogP) is 6.33. The molecule has 1 aliphatic rings. The van der Waals surface area contributed by atoms with Crippen molar-refractivity contribution in [3.63, 3.8) is 0 Å². The molecule has 0 saturated heterocycles. The summed E-state index contributed by atoms with van der Waals surface area (Å²) < 4.78 is 0. The third kappa shape index (κ3) is 3.28. The highest BCUT2D eigenvalue weighted by atomic mass is 16.1. The predicted molar refractivity (Wildman–Crippen MR) is 143 cm³/mol. The molecule has 0 spiro atoms. The van der Waals surface area contributed by atoms with Gasteiger partial charge >= 0.3 is 0 Å². The zero-order valence-corrected chi connectivity index (χ0v) is 19.8. The Balaban J connectivity index is 1.69. The SMILES string of the molecule is Cc1ccc(Nc2ccc3[nH]c(=O)c(C(=O)c4ccccc4)c4c3c2C(=O)c2ccccc2-4)c(C)c1. The van der Waals surface area contributed by atoms with Gasteiger partial charge in [-0.2, -0.15) is 0 Å². The average Bonchev–Trinajstić information content (AvgIpc) is 2.89. The third-order valence-electron chi connectivity index (χ3n) is 6.76. The van der Waals surface area contributed by atoms with Crippen LogP contribution in [0.2, 0.25) is 0 Å². The van der Waals surface area contributed by atoms with Crippen molar-refractivity contribution in [2.24, 2.45) is 0 Å². The molecular formula is C31H22N2O3. The molecule has 0 fully saturated rings. The Morgan fingerprint density at radius 2 is 1.44 bits per heavy atom. The van der Waals surface area contributed by atoms with Crippen molar-refractivity contribution >= 4 is 33.8 Å². The smallest absolute Gasteiger partial charge is 0.260 e. The molecule has 0 aliphatic heterocycles. The number of aryl methyl sites for hydroxylation is 2. The summed E-state index contributed by atoms with van der Waals surface area (Å²) in [5.74, 6) is -0.530. The zero-order valence-electron chi connectivity index (χ0n) is 19.8. The molecule has 6 rings (SSSR count). The molecule has 2 N–H and O–H groups in total. The summed E-state index contributed by atoms with van der Waals surface area (Å²) in [5, 5.41) is 4.01. The van der Waals surface area contributed by atoms with Crippen LogP contribution in [0.3, 0.4) is 0 Å². The molecule has 0 saturated carbocycles. The Bertz CT molecular complexity index is 1780. The van der Waals surface area contributed by atoms with Crippen LogP contribution in [0.4, 0.5) is 11.4 Å². The molecular weight excluding hydrogens is 448 g/mol. The number of fused-ring (bicyclic) bond motifs is 2. The number of hydrogen-bond donors (Lipinski definition) is 2. The minimum atomic E-state index is -0.475. The highest BCUT2D eigenvalue weighted by Gasteiger charge is 2.33. The molecule has 5 nitrogen and oxygen atoms in total. The number of nitrogens with one attached hydrogen (secondary N) is 2. The summed E-state index contributed by atoms with van der Waals surface area (Å²) in [7, 11) is 0. The quantitative estimate of drug-likeness (QED) is 0.295. The van der Waals surface area contributed by atoms with E-state index in [0.29, 0.717) is 44.4 Å². The number of rotatable bonds is 4. The van der Waals surface area contributed by atoms with Gasteiger partial charge in [0.05, 0.1) is 16.8 Å². The molecule has 1 heterocycles. The maximum absolute atomic E-state index is 13.9. The van der Waals surface area contributed by atoms with Gasteiger partial charge in [-0.15, -0.1) is 0 Å². The van der Waals surface area contributed by atoms with Crippen molar-refractivity contribution < 1.29 is 9.59 Å². The van der Waals surface area contributed by atoms with Gasteiger partial charge in [0, 0.05) is 33.3 Å². The van der Waals surface area contributed by atoms with Crippen molar-refractivity contribution in [1.82, 2.24) is 4.98 Å². The zero-order chi connectivity index (χ0) is 25.0. The van der Waals surface area contributed by atoms with Crippen molar-refractivity contribution in [2.75, 3.05) is 5.32 Å². The Kier molecular flexibility index (Phi) is 4.93. The minimum Gasteiger partial charge on any atom is -0.355 e. The highest BCUT2D eigenvalue weighted by molar-refractivity contribution is 6.31. The second-order valence-corrected chi connectivity index (χ2v) is 9.13. The van der Waals surface area contributed by atoms with Gasteiger partial charge in [-0.25, -0.2) is 0 Å². The van der Waals surface area contributed by atoms with Gasteiger partial charge in [0.15, 0.2) is 11.6 Å². The molecule has 5 aromatic rings. The second-order valence-electron chi connectivity index (χ2n) is 9.13. The Labute approximate surface area is 207 Å². The average molecular weight is 471 g/mol. The van der Waals surface area contributed by atoms with Crippen LogP contribution in [0.1, 0.15) is 43.0 Å². The Hall–Kier alpha value is -4.77. The summed E-state index contributed by atoms with van der Waals surface area (Å²) in [5.41, 5.74) is 6.20. The van der Waals surface area contributed by atoms with Crippen LogP contribution in [0.15, 0.2) is 89.7 Å². The number of pyridine rings is 1. The number of ketones is 2. The lowest BCUT2D eigenvalue weighted by molar-refractivity contribution is 0.102. The van der Waals surface area contributed by atoms with Crippen molar-refractivity contribution in [2.45, 2.75) is 13.8 Å². The van der Waals surface area contributed by atoms with E-state index < -0.39 is 5.56 Å². The van der Waals surface area contributed by atoms with Crippen LogP contribution in [-0.4, -0.2) is 16.6 Å². The van der Waals surface area contributed by atoms with E-state index in [9.17, 15) is 14.4 Å². The molecule has 174 valence electrons. The van der Waals surface area contributed by atoms with E-state index in [2.05, 4.69) is 16.4 Å². The first-order valence-corrected chi connectivity index (χ1v) is 11.7. The van der Waals surface area contributed by atoms with E-state index >= 15 is 0 Å². The van der Waals surface area contributed by atoms with Gasteiger partial charge < -0.3 is 10.3 Å². The van der Waals surface area contributed by atoms with Crippen LogP contribution in [0.25, 0.3) is 22.0 Å². The molecule has 0 atom stereocenters. The lowest BCUT2D eigenvalue weighted by Crippen LogP contribution is -2.24. The number of aromatic amines is 1. The van der Waals surface area contributed by atoms with Crippen molar-refractivity contribution in [3.8, 4) is 11.1 Å². The monoisotopic (exact) mass is 470 g/mol. The van der Waals surface area contributed by atoms with Crippen molar-refractivity contribution in [1.29, 1.82) is 0 Å². The summed E-state index contributed by atoms with van der Waals surface area (Å²) in [6, 6.07) is 25.6. The minimum absolute atomic E-state index is 0.0403. The van der Waals surface area contributed by atoms with Gasteiger partial charge in [0.25, 0.3) is 5.56 Å². The summed E-state index contributed by atoms with van der Waals surface area (Å²) >= 11 is 0. The van der Waals surface area contributed by atoms with Crippen molar-refractivity contribution in [3.05, 3.63) is 129 Å². The summed E-state index contributed by atoms with van der Waals surface area (Å²) in [4.78, 5) is 43.7. The van der Waals surface area contributed by atoms with Gasteiger partial charge in [0.2, 0.25) is 0 Å². The fourth-order valence-electron chi connectivity index (χ4n) is 5.08. The number of benzene rings is 4. The van der Waals surface area contributed by atoms with Gasteiger partial charge in [-0.1, -0.05) is 72.3 Å². The topological polar surface area (TPSA) is 79.0 Å². The first-order valence-electron chi connectivity index (χ1n) is 11.7. The number of carbonyl (C=O) groups is 2. The normalized spacial score (nSPS) is 11.9. The Morgan fingerprint density at radius 1 is 0.750 bits per heavy atom. The van der Waals surface area contributed by atoms with E-state index in [1.807, 2.05) is 38.1 Å². The van der Waals surface area contributed by atoms with Gasteiger partial charge in [0.1, 0.15) is 0 Å². The number of aromatic nitrogens is 1. The van der Waals surface area contributed by atoms with Gasteiger partial charge in [-0.05, 0) is 43.2 Å². The van der Waals surface area contributed by atoms with Crippen LogP contribution < -0.4 is 10.9 Å². The largest absolute Gasteiger partial charge is 0.355 e. The van der Waals surface area contributed by atoms with Gasteiger partial charge in [-0.3, -0.25) is 14.4 Å². The van der Waals surface area contributed by atoms with E-state index in [1.54, 1.807) is 54.6 Å². The van der Waals surface area contributed by atoms with Crippen LogP contribution in [0.5, 0.6) is 0 Å². The lowest BCUT2D eigenvalue weighted by Gasteiger charge is -2.24.